The predicted octanol–water partition coefficient (Wildman–Crippen LogP) is 5.88. The lowest BCUT2D eigenvalue weighted by molar-refractivity contribution is -0.205. The minimum absolute atomic E-state index is 0.0563. The molecule has 6 atom stereocenters. The molecule has 2 bridgehead atoms. The van der Waals surface area contributed by atoms with Gasteiger partial charge in [0.2, 0.25) is 0 Å². The smallest absolute Gasteiger partial charge is 0.193 e. The van der Waals surface area contributed by atoms with Gasteiger partial charge < -0.3 is 19.6 Å². The Labute approximate surface area is 225 Å². The number of fused-ring (bicyclic) bond motifs is 9. The third-order valence-corrected chi connectivity index (χ3v) is 10.8. The average Bonchev–Trinajstić information content (AvgIpc) is 3.48. The van der Waals surface area contributed by atoms with E-state index in [4.69, 9.17) is 19.8 Å². The second kappa shape index (κ2) is 8.78. The number of nitrogens with zero attached hydrogens (tertiary/aromatic N) is 1. The monoisotopic (exact) mass is 516 g/mol. The van der Waals surface area contributed by atoms with E-state index in [1.54, 1.807) is 0 Å². The lowest BCUT2D eigenvalue weighted by Gasteiger charge is -2.61. The molecule has 5 aliphatic rings. The number of unbranched alkanes of at least 4 members (excludes halogenated alkanes) is 2. The Kier molecular flexibility index (Phi) is 5.96. The van der Waals surface area contributed by atoms with E-state index >= 15 is 0 Å². The second-order valence-corrected chi connectivity index (χ2v) is 13.0. The predicted molar refractivity (Wildman–Crippen MR) is 145 cm³/mol. The van der Waals surface area contributed by atoms with E-state index in [9.17, 15) is 4.79 Å². The van der Waals surface area contributed by atoms with Crippen molar-refractivity contribution in [1.82, 2.24) is 4.98 Å². The highest BCUT2D eigenvalue weighted by Gasteiger charge is 2.69. The molecular weight excluding hydrogens is 476 g/mol. The third-order valence-electron chi connectivity index (χ3n) is 10.8. The molecule has 2 saturated carbocycles. The van der Waals surface area contributed by atoms with Crippen LogP contribution in [0.25, 0.3) is 10.9 Å². The van der Waals surface area contributed by atoms with Crippen LogP contribution < -0.4 is 0 Å². The fourth-order valence-corrected chi connectivity index (χ4v) is 8.70. The van der Waals surface area contributed by atoms with Crippen LogP contribution in [0.2, 0.25) is 0 Å². The number of nitrogens with one attached hydrogen (secondary N) is 1. The number of nitriles is 1. The number of aliphatic hydroxyl groups is 1. The van der Waals surface area contributed by atoms with E-state index in [0.717, 1.165) is 44.1 Å². The number of hydrogen-bond donors (Lipinski definition) is 2. The summed E-state index contributed by atoms with van der Waals surface area (Å²) in [7, 11) is 0. The first-order valence-corrected chi connectivity index (χ1v) is 14.3. The topological polar surface area (TPSA) is 95.3 Å². The molecule has 6 nitrogen and oxygen atoms in total. The number of para-hydroxylation sites is 1. The first-order chi connectivity index (χ1) is 18.1. The number of hydrogen-bond acceptors (Lipinski definition) is 5. The molecule has 6 heteroatoms. The number of aliphatic hydroxyl groups excluding tert-OH is 1. The van der Waals surface area contributed by atoms with E-state index in [0.29, 0.717) is 18.3 Å². The summed E-state index contributed by atoms with van der Waals surface area (Å²) in [5, 5.41) is 17.5. The van der Waals surface area contributed by atoms with Crippen molar-refractivity contribution in [2.24, 2.45) is 17.3 Å². The van der Waals surface area contributed by atoms with Gasteiger partial charge in [0.15, 0.2) is 17.7 Å². The highest BCUT2D eigenvalue weighted by atomic mass is 16.8. The molecular formula is C32H40N2O4. The Morgan fingerprint density at radius 3 is 2.68 bits per heavy atom. The van der Waals surface area contributed by atoms with Gasteiger partial charge in [0.25, 0.3) is 0 Å². The fraction of sp³-hybridized carbons (Fsp3) is 0.625. The van der Waals surface area contributed by atoms with Crippen LogP contribution >= 0.6 is 0 Å². The Bertz CT molecular complexity index is 1350. The molecule has 202 valence electrons. The summed E-state index contributed by atoms with van der Waals surface area (Å²) < 4.78 is 13.0. The lowest BCUT2D eigenvalue weighted by atomic mass is 9.44. The van der Waals surface area contributed by atoms with E-state index in [1.807, 2.05) is 26.0 Å². The molecule has 2 aliphatic heterocycles. The SMILES string of the molecule is CC1(C)OC23CCC4(C)C(CCC5Cc6c([nH]c7ccccc67)[C@@]54C)C2=CC(=O)C1O3.N#CCCCCO. The van der Waals surface area contributed by atoms with Gasteiger partial charge >= 0.3 is 0 Å². The summed E-state index contributed by atoms with van der Waals surface area (Å²) in [6.07, 6.45) is 8.93. The fourth-order valence-electron chi connectivity index (χ4n) is 8.70. The highest BCUT2D eigenvalue weighted by Crippen LogP contribution is 2.70. The van der Waals surface area contributed by atoms with Gasteiger partial charge in [-0.3, -0.25) is 4.79 Å². The van der Waals surface area contributed by atoms with Crippen molar-refractivity contribution < 1.29 is 19.4 Å². The van der Waals surface area contributed by atoms with Crippen molar-refractivity contribution in [1.29, 1.82) is 5.26 Å². The van der Waals surface area contributed by atoms with Gasteiger partial charge in [-0.15, -0.1) is 0 Å². The lowest BCUT2D eigenvalue weighted by Crippen LogP contribution is -2.60. The van der Waals surface area contributed by atoms with Crippen molar-refractivity contribution in [2.45, 2.75) is 102 Å². The van der Waals surface area contributed by atoms with Gasteiger partial charge in [0.1, 0.15) is 5.60 Å². The van der Waals surface area contributed by atoms with Crippen molar-refractivity contribution >= 4 is 16.7 Å². The third kappa shape index (κ3) is 3.38. The Morgan fingerprint density at radius 2 is 1.92 bits per heavy atom. The maximum atomic E-state index is 13.0. The molecule has 0 amide bonds. The molecule has 5 unspecified atom stereocenters. The molecule has 2 aromatic rings. The molecule has 3 aliphatic carbocycles. The summed E-state index contributed by atoms with van der Waals surface area (Å²) in [4.78, 5) is 16.9. The maximum Gasteiger partial charge on any atom is 0.193 e. The van der Waals surface area contributed by atoms with Crippen LogP contribution in [0.4, 0.5) is 0 Å². The molecule has 38 heavy (non-hydrogen) atoms. The van der Waals surface area contributed by atoms with E-state index in [2.05, 4.69) is 43.1 Å². The van der Waals surface area contributed by atoms with Crippen LogP contribution in [0.1, 0.15) is 83.9 Å². The van der Waals surface area contributed by atoms with Crippen molar-refractivity contribution in [3.05, 3.63) is 47.2 Å². The summed E-state index contributed by atoms with van der Waals surface area (Å²) in [6.45, 7) is 9.19. The zero-order valence-electron chi connectivity index (χ0n) is 23.1. The van der Waals surface area contributed by atoms with Crippen molar-refractivity contribution in [2.75, 3.05) is 6.61 Å². The van der Waals surface area contributed by atoms with E-state index < -0.39 is 17.5 Å². The molecule has 1 spiro atoms. The van der Waals surface area contributed by atoms with E-state index in [-0.39, 0.29) is 23.2 Å². The molecule has 1 aromatic carbocycles. The molecule has 1 saturated heterocycles. The van der Waals surface area contributed by atoms with Crippen LogP contribution in [0.3, 0.4) is 0 Å². The zero-order chi connectivity index (χ0) is 26.9. The van der Waals surface area contributed by atoms with Gasteiger partial charge in [-0.1, -0.05) is 32.0 Å². The Morgan fingerprint density at radius 1 is 1.13 bits per heavy atom. The van der Waals surface area contributed by atoms with Gasteiger partial charge in [0, 0.05) is 41.5 Å². The minimum Gasteiger partial charge on any atom is -0.396 e. The summed E-state index contributed by atoms with van der Waals surface area (Å²) in [6, 6.07) is 10.7. The molecule has 2 N–H and O–H groups in total. The van der Waals surface area contributed by atoms with Crippen LogP contribution in [-0.4, -0.2) is 40.0 Å². The molecule has 7 rings (SSSR count). The summed E-state index contributed by atoms with van der Waals surface area (Å²) in [5.41, 5.74) is 4.89. The van der Waals surface area contributed by atoms with Gasteiger partial charge in [0.05, 0.1) is 6.07 Å². The molecule has 3 heterocycles. The number of ether oxygens (including phenoxy) is 2. The maximum absolute atomic E-state index is 13.0. The number of carbonyl (C=O) groups is 1. The van der Waals surface area contributed by atoms with Gasteiger partial charge in [-0.05, 0) is 92.9 Å². The molecule has 3 fully saturated rings. The normalized spacial score (nSPS) is 37.7. The summed E-state index contributed by atoms with van der Waals surface area (Å²) >= 11 is 0. The quantitative estimate of drug-likeness (QED) is 0.497. The number of carbonyl (C=O) groups excluding carboxylic acids is 1. The van der Waals surface area contributed by atoms with Crippen molar-refractivity contribution in [3.8, 4) is 6.07 Å². The number of benzene rings is 1. The van der Waals surface area contributed by atoms with Crippen LogP contribution in [0.5, 0.6) is 0 Å². The minimum atomic E-state index is -0.697. The second-order valence-electron chi connectivity index (χ2n) is 13.0. The number of aromatic amines is 1. The Balaban J connectivity index is 0.000000337. The first kappa shape index (κ1) is 25.8. The summed E-state index contributed by atoms with van der Waals surface area (Å²) in [5.74, 6) is 0.335. The van der Waals surface area contributed by atoms with Crippen LogP contribution in [0, 0.1) is 28.6 Å². The van der Waals surface area contributed by atoms with Crippen molar-refractivity contribution in [3.63, 3.8) is 0 Å². The van der Waals surface area contributed by atoms with Gasteiger partial charge in [-0.25, -0.2) is 0 Å². The zero-order valence-corrected chi connectivity index (χ0v) is 23.1. The highest BCUT2D eigenvalue weighted by molar-refractivity contribution is 5.97. The number of H-pyrrole nitrogens is 1. The number of rotatable bonds is 3. The molecule has 0 radical (unpaired) electrons. The van der Waals surface area contributed by atoms with Gasteiger partial charge in [-0.2, -0.15) is 5.26 Å². The standard InChI is InChI=1S/C27H31NO3.C5H9NO/c1-24(2)23-21(29)14-19-18-10-9-15-13-17-16-7-5-6-8-20(16)28-22(17)26(15,4)25(18,3)11-12-27(19,30-23)31-24;6-4-2-1-3-5-7/h5-8,14-15,18,23,28H,9-13H2,1-4H3;7H,1-3,5H2/t15?,18?,23?,25?,26-,27?;/m1./s1. The van der Waals surface area contributed by atoms with Crippen LogP contribution in [-0.2, 0) is 26.1 Å². The van der Waals surface area contributed by atoms with E-state index in [1.165, 1.54) is 28.6 Å². The number of aromatic nitrogens is 1. The number of ketones is 1. The first-order valence-electron chi connectivity index (χ1n) is 14.3. The Hall–Kier alpha value is -2.46. The average molecular weight is 517 g/mol. The molecule has 1 aromatic heterocycles. The van der Waals surface area contributed by atoms with Crippen LogP contribution in [0.15, 0.2) is 35.9 Å². The largest absolute Gasteiger partial charge is 0.396 e.